The Bertz CT molecular complexity index is 937. The van der Waals surface area contributed by atoms with E-state index in [0.717, 1.165) is 32.5 Å². The molecule has 4 heteroatoms. The average Bonchev–Trinajstić information content (AvgIpc) is 2.88. The molecule has 1 aromatic heterocycles. The van der Waals surface area contributed by atoms with Crippen LogP contribution in [-0.4, -0.2) is 34.2 Å². The van der Waals surface area contributed by atoms with Gasteiger partial charge in [-0.3, -0.25) is 4.79 Å². The number of amides is 1. The number of para-hydroxylation sites is 1. The number of hydrogen-bond acceptors (Lipinski definition) is 2. The Balaban J connectivity index is 1.51. The Morgan fingerprint density at radius 2 is 1.68 bits per heavy atom. The summed E-state index contributed by atoms with van der Waals surface area (Å²) < 4.78 is 2.30. The van der Waals surface area contributed by atoms with Gasteiger partial charge >= 0.3 is 0 Å². The van der Waals surface area contributed by atoms with Crippen LogP contribution in [0.4, 0.5) is 0 Å². The van der Waals surface area contributed by atoms with Crippen molar-refractivity contribution in [2.45, 2.75) is 44.0 Å². The third-order valence-corrected chi connectivity index (χ3v) is 6.56. The fraction of sp³-hybridized carbons (Fsp3) is 0.375. The third kappa shape index (κ3) is 4.44. The maximum atomic E-state index is 12.7. The lowest BCUT2D eigenvalue weighted by atomic mass is 10.1. The first-order chi connectivity index (χ1) is 13.7. The molecule has 0 aliphatic carbocycles. The van der Waals surface area contributed by atoms with Crippen molar-refractivity contribution in [2.75, 3.05) is 18.8 Å². The van der Waals surface area contributed by atoms with Gasteiger partial charge in [0, 0.05) is 41.6 Å². The molecule has 1 fully saturated rings. The van der Waals surface area contributed by atoms with Gasteiger partial charge in [0.1, 0.15) is 0 Å². The van der Waals surface area contributed by atoms with Crippen molar-refractivity contribution in [3.05, 3.63) is 65.9 Å². The molecule has 1 saturated heterocycles. The largest absolute Gasteiger partial charge is 0.342 e. The molecule has 1 aliphatic rings. The van der Waals surface area contributed by atoms with Gasteiger partial charge in [-0.25, -0.2) is 0 Å². The van der Waals surface area contributed by atoms with E-state index in [1.54, 1.807) is 11.8 Å². The molecule has 0 saturated carbocycles. The molecule has 4 rings (SSSR count). The monoisotopic (exact) mass is 392 g/mol. The third-order valence-electron chi connectivity index (χ3n) is 5.54. The number of rotatable bonds is 5. The van der Waals surface area contributed by atoms with Gasteiger partial charge in [-0.15, -0.1) is 11.8 Å². The molecule has 2 aromatic carbocycles. The summed E-state index contributed by atoms with van der Waals surface area (Å²) in [5.74, 6) is 0.806. The van der Waals surface area contributed by atoms with Gasteiger partial charge in [0.15, 0.2) is 0 Å². The molecule has 146 valence electrons. The van der Waals surface area contributed by atoms with E-state index in [1.807, 2.05) is 0 Å². The van der Waals surface area contributed by atoms with Crippen LogP contribution < -0.4 is 0 Å². The normalized spacial score (nSPS) is 15.0. The highest BCUT2D eigenvalue weighted by atomic mass is 32.2. The van der Waals surface area contributed by atoms with Crippen LogP contribution in [0.1, 0.15) is 36.8 Å². The molecule has 0 radical (unpaired) electrons. The lowest BCUT2D eigenvalue weighted by Crippen LogP contribution is -2.33. The van der Waals surface area contributed by atoms with Crippen molar-refractivity contribution in [3.63, 3.8) is 0 Å². The summed E-state index contributed by atoms with van der Waals surface area (Å²) in [6.07, 6.45) is 7.01. The SMILES string of the molecule is Cc1ccc(Cn2cc(SCC(=O)N3CCCCCC3)c3ccccc32)cc1. The zero-order valence-electron chi connectivity index (χ0n) is 16.6. The first-order valence-corrected chi connectivity index (χ1v) is 11.2. The highest BCUT2D eigenvalue weighted by molar-refractivity contribution is 8.00. The Labute approximate surface area is 171 Å². The van der Waals surface area contributed by atoms with Crippen molar-refractivity contribution in [1.29, 1.82) is 0 Å². The van der Waals surface area contributed by atoms with E-state index in [1.165, 1.54) is 39.8 Å². The van der Waals surface area contributed by atoms with Crippen LogP contribution in [0.25, 0.3) is 10.9 Å². The number of likely N-dealkylation sites (tertiary alicyclic amines) is 1. The number of carbonyl (C=O) groups excluding carboxylic acids is 1. The minimum absolute atomic E-state index is 0.280. The summed E-state index contributed by atoms with van der Waals surface area (Å²) in [5.41, 5.74) is 3.81. The molecular weight excluding hydrogens is 364 g/mol. The van der Waals surface area contributed by atoms with Crippen molar-refractivity contribution in [3.8, 4) is 0 Å². The van der Waals surface area contributed by atoms with Crippen molar-refractivity contribution < 1.29 is 4.79 Å². The predicted octanol–water partition coefficient (Wildman–Crippen LogP) is 5.49. The molecule has 28 heavy (non-hydrogen) atoms. The van der Waals surface area contributed by atoms with Gasteiger partial charge < -0.3 is 9.47 Å². The van der Waals surface area contributed by atoms with Crippen molar-refractivity contribution >= 4 is 28.6 Å². The van der Waals surface area contributed by atoms with E-state index < -0.39 is 0 Å². The molecule has 1 aliphatic heterocycles. The maximum absolute atomic E-state index is 12.7. The van der Waals surface area contributed by atoms with Crippen LogP contribution in [0.5, 0.6) is 0 Å². The summed E-state index contributed by atoms with van der Waals surface area (Å²) in [7, 11) is 0. The number of benzene rings is 2. The summed E-state index contributed by atoms with van der Waals surface area (Å²) in [6.45, 7) is 4.81. The lowest BCUT2D eigenvalue weighted by molar-refractivity contribution is -0.128. The maximum Gasteiger partial charge on any atom is 0.232 e. The number of hydrogen-bond donors (Lipinski definition) is 0. The van der Waals surface area contributed by atoms with Crippen LogP contribution in [0, 0.1) is 6.92 Å². The molecule has 0 N–H and O–H groups in total. The van der Waals surface area contributed by atoms with E-state index in [0.29, 0.717) is 5.75 Å². The minimum Gasteiger partial charge on any atom is -0.342 e. The van der Waals surface area contributed by atoms with E-state index in [4.69, 9.17) is 0 Å². The molecule has 1 amide bonds. The highest BCUT2D eigenvalue weighted by Gasteiger charge is 2.17. The number of carbonyl (C=O) groups is 1. The van der Waals surface area contributed by atoms with E-state index >= 15 is 0 Å². The van der Waals surface area contributed by atoms with Crippen LogP contribution in [0.3, 0.4) is 0 Å². The zero-order chi connectivity index (χ0) is 19.3. The second-order valence-corrected chi connectivity index (χ2v) is 8.72. The second-order valence-electron chi connectivity index (χ2n) is 7.71. The fourth-order valence-corrected chi connectivity index (χ4v) is 4.89. The van der Waals surface area contributed by atoms with Crippen LogP contribution in [0.2, 0.25) is 0 Å². The zero-order valence-corrected chi connectivity index (χ0v) is 17.4. The molecule has 0 spiro atoms. The summed E-state index contributed by atoms with van der Waals surface area (Å²) in [5, 5.41) is 1.24. The van der Waals surface area contributed by atoms with Crippen LogP contribution >= 0.6 is 11.8 Å². The Kier molecular flexibility index (Phi) is 6.06. The Hall–Kier alpha value is -2.20. The van der Waals surface area contributed by atoms with Crippen LogP contribution in [-0.2, 0) is 11.3 Å². The molecule has 0 unspecified atom stereocenters. The Morgan fingerprint density at radius 1 is 0.964 bits per heavy atom. The Morgan fingerprint density at radius 3 is 2.43 bits per heavy atom. The smallest absolute Gasteiger partial charge is 0.232 e. The molecule has 0 atom stereocenters. The summed E-state index contributed by atoms with van der Waals surface area (Å²) in [4.78, 5) is 15.9. The quantitative estimate of drug-likeness (QED) is 0.536. The number of fused-ring (bicyclic) bond motifs is 1. The van der Waals surface area contributed by atoms with Gasteiger partial charge in [0.25, 0.3) is 0 Å². The van der Waals surface area contributed by atoms with Gasteiger partial charge in [0.2, 0.25) is 5.91 Å². The molecule has 0 bridgehead atoms. The van der Waals surface area contributed by atoms with E-state index in [2.05, 4.69) is 71.1 Å². The molecular formula is C24H28N2OS. The van der Waals surface area contributed by atoms with E-state index in [-0.39, 0.29) is 5.91 Å². The van der Waals surface area contributed by atoms with Crippen molar-refractivity contribution in [2.24, 2.45) is 0 Å². The predicted molar refractivity (Wildman–Crippen MR) is 118 cm³/mol. The molecule has 3 aromatic rings. The van der Waals surface area contributed by atoms with E-state index in [9.17, 15) is 4.79 Å². The first kappa shape index (κ1) is 19.1. The number of nitrogens with zero attached hydrogens (tertiary/aromatic N) is 2. The standard InChI is InChI=1S/C24H28N2OS/c1-19-10-12-20(13-11-19)16-26-17-23(21-8-4-5-9-22(21)26)28-18-24(27)25-14-6-2-3-7-15-25/h4-5,8-13,17H,2-3,6-7,14-16,18H2,1H3. The highest BCUT2D eigenvalue weighted by Crippen LogP contribution is 2.31. The molecule has 2 heterocycles. The van der Waals surface area contributed by atoms with Crippen molar-refractivity contribution in [1.82, 2.24) is 9.47 Å². The average molecular weight is 393 g/mol. The number of aryl methyl sites for hydroxylation is 1. The number of aromatic nitrogens is 1. The van der Waals surface area contributed by atoms with Crippen LogP contribution in [0.15, 0.2) is 59.6 Å². The summed E-state index contributed by atoms with van der Waals surface area (Å²) >= 11 is 1.68. The number of thioether (sulfide) groups is 1. The van der Waals surface area contributed by atoms with Gasteiger partial charge in [-0.05, 0) is 31.4 Å². The van der Waals surface area contributed by atoms with Gasteiger partial charge in [-0.1, -0.05) is 60.9 Å². The fourth-order valence-electron chi connectivity index (χ4n) is 3.90. The molecule has 3 nitrogen and oxygen atoms in total. The topological polar surface area (TPSA) is 25.2 Å². The van der Waals surface area contributed by atoms with Gasteiger partial charge in [0.05, 0.1) is 5.75 Å². The van der Waals surface area contributed by atoms with Gasteiger partial charge in [-0.2, -0.15) is 0 Å². The summed E-state index contributed by atoms with van der Waals surface area (Å²) in [6, 6.07) is 17.2. The lowest BCUT2D eigenvalue weighted by Gasteiger charge is -2.19. The minimum atomic E-state index is 0.280. The second kappa shape index (κ2) is 8.87. The first-order valence-electron chi connectivity index (χ1n) is 10.2.